The van der Waals surface area contributed by atoms with Gasteiger partial charge >= 0.3 is 0 Å². The van der Waals surface area contributed by atoms with Crippen LogP contribution in [0.25, 0.3) is 0 Å². The molecule has 7 heteroatoms. The standard InChI is InChI=1S/C25H35N5O2/c1-29(21-7-3-2-4-8-21)15-6-13-26-25(27-14-12-23-9-5-16-32-23)28-18-20-17-24(31)30(19-20)22-10-11-22/h2-5,7-9,16,20,22H,6,10-15,17-19H2,1H3,(H2,26,27,28). The van der Waals surface area contributed by atoms with Crippen molar-refractivity contribution in [2.75, 3.05) is 44.7 Å². The first-order chi connectivity index (χ1) is 15.7. The Morgan fingerprint density at radius 3 is 2.72 bits per heavy atom. The molecule has 2 aromatic rings. The number of furan rings is 1. The van der Waals surface area contributed by atoms with Gasteiger partial charge in [0, 0.05) is 70.3 Å². The Hall–Kier alpha value is -2.96. The van der Waals surface area contributed by atoms with Crippen molar-refractivity contribution >= 4 is 17.6 Å². The third kappa shape index (κ3) is 6.52. The number of guanidine groups is 1. The number of nitrogens with zero attached hydrogens (tertiary/aromatic N) is 3. The maximum atomic E-state index is 12.2. The molecule has 1 saturated carbocycles. The van der Waals surface area contributed by atoms with Crippen LogP contribution in [0.15, 0.2) is 58.1 Å². The van der Waals surface area contributed by atoms with Gasteiger partial charge in [0.15, 0.2) is 5.96 Å². The Balaban J connectivity index is 1.24. The lowest BCUT2D eigenvalue weighted by Gasteiger charge is -2.20. The number of amides is 1. The van der Waals surface area contributed by atoms with E-state index in [2.05, 4.69) is 51.7 Å². The maximum absolute atomic E-state index is 12.2. The summed E-state index contributed by atoms with van der Waals surface area (Å²) in [6.45, 7) is 4.08. The highest BCUT2D eigenvalue weighted by atomic mass is 16.3. The minimum atomic E-state index is 0.303. The van der Waals surface area contributed by atoms with Gasteiger partial charge in [-0.15, -0.1) is 0 Å². The van der Waals surface area contributed by atoms with Gasteiger partial charge in [-0.2, -0.15) is 0 Å². The van der Waals surface area contributed by atoms with E-state index in [1.807, 2.05) is 18.2 Å². The molecule has 1 aliphatic heterocycles. The second kappa shape index (κ2) is 11.1. The van der Waals surface area contributed by atoms with E-state index in [-0.39, 0.29) is 0 Å². The molecule has 0 bridgehead atoms. The molecule has 1 atom stereocenters. The number of hydrogen-bond donors (Lipinski definition) is 2. The van der Waals surface area contributed by atoms with Crippen LogP contribution in [0.2, 0.25) is 0 Å². The Morgan fingerprint density at radius 1 is 1.16 bits per heavy atom. The Labute approximate surface area is 190 Å². The molecular weight excluding hydrogens is 402 g/mol. The quantitative estimate of drug-likeness (QED) is 0.321. The second-order valence-corrected chi connectivity index (χ2v) is 8.83. The van der Waals surface area contributed by atoms with Crippen LogP contribution in [0.1, 0.15) is 31.4 Å². The van der Waals surface area contributed by atoms with Gasteiger partial charge in [0.05, 0.1) is 6.26 Å². The number of nitrogens with one attached hydrogen (secondary N) is 2. The number of anilines is 1. The van der Waals surface area contributed by atoms with Crippen molar-refractivity contribution in [2.24, 2.45) is 10.9 Å². The summed E-state index contributed by atoms with van der Waals surface area (Å²) in [5.41, 5.74) is 1.23. The Morgan fingerprint density at radius 2 is 1.97 bits per heavy atom. The molecule has 1 unspecified atom stereocenters. The molecule has 2 N–H and O–H groups in total. The molecule has 0 spiro atoms. The molecule has 1 aromatic heterocycles. The first-order valence-corrected chi connectivity index (χ1v) is 11.8. The lowest BCUT2D eigenvalue weighted by molar-refractivity contribution is -0.128. The first kappa shape index (κ1) is 22.2. The largest absolute Gasteiger partial charge is 0.469 e. The molecule has 2 heterocycles. The number of carbonyl (C=O) groups excluding carboxylic acids is 1. The van der Waals surface area contributed by atoms with Crippen LogP contribution in [-0.2, 0) is 11.2 Å². The van der Waals surface area contributed by atoms with Crippen molar-refractivity contribution in [1.29, 1.82) is 0 Å². The number of aliphatic imine (C=N–C) groups is 1. The Bertz CT molecular complexity index is 864. The Kier molecular flexibility index (Phi) is 7.69. The molecule has 172 valence electrons. The normalized spacial score (nSPS) is 18.8. The van der Waals surface area contributed by atoms with Gasteiger partial charge in [0.25, 0.3) is 0 Å². The van der Waals surface area contributed by atoms with Gasteiger partial charge in [0.1, 0.15) is 5.76 Å². The molecule has 2 fully saturated rings. The summed E-state index contributed by atoms with van der Waals surface area (Å²) in [6, 6.07) is 14.8. The van der Waals surface area contributed by atoms with E-state index in [1.165, 1.54) is 18.5 Å². The molecule has 32 heavy (non-hydrogen) atoms. The van der Waals surface area contributed by atoms with Crippen LogP contribution in [0.4, 0.5) is 5.69 Å². The number of carbonyl (C=O) groups is 1. The minimum absolute atomic E-state index is 0.303. The molecule has 0 radical (unpaired) electrons. The molecule has 1 saturated heterocycles. The minimum Gasteiger partial charge on any atom is -0.469 e. The summed E-state index contributed by atoms with van der Waals surface area (Å²) in [6.07, 6.45) is 6.47. The first-order valence-electron chi connectivity index (χ1n) is 11.8. The van der Waals surface area contributed by atoms with E-state index in [4.69, 9.17) is 9.41 Å². The predicted molar refractivity (Wildman–Crippen MR) is 128 cm³/mol. The number of benzene rings is 1. The van der Waals surface area contributed by atoms with Crippen molar-refractivity contribution in [1.82, 2.24) is 15.5 Å². The topological polar surface area (TPSA) is 73.1 Å². The van der Waals surface area contributed by atoms with E-state index < -0.39 is 0 Å². The van der Waals surface area contributed by atoms with Gasteiger partial charge in [0.2, 0.25) is 5.91 Å². The van der Waals surface area contributed by atoms with Gasteiger partial charge in [-0.3, -0.25) is 9.79 Å². The van der Waals surface area contributed by atoms with E-state index >= 15 is 0 Å². The third-order valence-electron chi connectivity index (χ3n) is 6.14. The van der Waals surface area contributed by atoms with Crippen LogP contribution in [0.5, 0.6) is 0 Å². The highest BCUT2D eigenvalue weighted by Gasteiger charge is 2.39. The summed E-state index contributed by atoms with van der Waals surface area (Å²) < 4.78 is 5.43. The molecule has 7 nitrogen and oxygen atoms in total. The highest BCUT2D eigenvalue weighted by molar-refractivity contribution is 5.81. The van der Waals surface area contributed by atoms with E-state index in [9.17, 15) is 4.79 Å². The number of hydrogen-bond acceptors (Lipinski definition) is 4. The summed E-state index contributed by atoms with van der Waals surface area (Å²) in [4.78, 5) is 21.4. The predicted octanol–water partition coefficient (Wildman–Crippen LogP) is 2.89. The SMILES string of the molecule is CN(CCCNC(=NCC1CC(=O)N(C2CC2)C1)NCCc1ccco1)c1ccccc1. The fourth-order valence-electron chi connectivity index (χ4n) is 4.16. The van der Waals surface area contributed by atoms with Crippen molar-refractivity contribution in [2.45, 2.75) is 38.1 Å². The van der Waals surface area contributed by atoms with Gasteiger partial charge in [-0.05, 0) is 43.5 Å². The molecular formula is C25H35N5O2. The third-order valence-corrected chi connectivity index (χ3v) is 6.14. The number of likely N-dealkylation sites (tertiary alicyclic amines) is 1. The van der Waals surface area contributed by atoms with Crippen LogP contribution in [0, 0.1) is 5.92 Å². The lowest BCUT2D eigenvalue weighted by Crippen LogP contribution is -2.40. The molecule has 1 aliphatic carbocycles. The monoisotopic (exact) mass is 437 g/mol. The smallest absolute Gasteiger partial charge is 0.223 e. The van der Waals surface area contributed by atoms with Crippen molar-refractivity contribution < 1.29 is 9.21 Å². The fraction of sp³-hybridized carbons (Fsp3) is 0.520. The van der Waals surface area contributed by atoms with Gasteiger partial charge < -0.3 is 24.9 Å². The summed E-state index contributed by atoms with van der Waals surface area (Å²) in [5.74, 6) is 2.40. The van der Waals surface area contributed by atoms with Crippen molar-refractivity contribution in [3.63, 3.8) is 0 Å². The fourth-order valence-corrected chi connectivity index (χ4v) is 4.16. The van der Waals surface area contributed by atoms with Crippen molar-refractivity contribution in [3.05, 3.63) is 54.5 Å². The molecule has 4 rings (SSSR count). The average molecular weight is 438 g/mol. The van der Waals surface area contributed by atoms with E-state index in [0.717, 1.165) is 50.7 Å². The average Bonchev–Trinajstić information content (AvgIpc) is 3.39. The lowest BCUT2D eigenvalue weighted by atomic mass is 10.1. The summed E-state index contributed by atoms with van der Waals surface area (Å²) >= 11 is 0. The second-order valence-electron chi connectivity index (χ2n) is 8.83. The number of para-hydroxylation sites is 1. The van der Waals surface area contributed by atoms with E-state index in [1.54, 1.807) is 6.26 Å². The van der Waals surface area contributed by atoms with Crippen LogP contribution < -0.4 is 15.5 Å². The highest BCUT2D eigenvalue weighted by Crippen LogP contribution is 2.32. The van der Waals surface area contributed by atoms with Gasteiger partial charge in [-0.25, -0.2) is 0 Å². The summed E-state index contributed by atoms with van der Waals surface area (Å²) in [7, 11) is 2.12. The summed E-state index contributed by atoms with van der Waals surface area (Å²) in [5, 5.41) is 6.90. The van der Waals surface area contributed by atoms with E-state index in [0.29, 0.717) is 30.8 Å². The van der Waals surface area contributed by atoms with Crippen LogP contribution in [0.3, 0.4) is 0 Å². The zero-order chi connectivity index (χ0) is 22.2. The zero-order valence-corrected chi connectivity index (χ0v) is 19.0. The van der Waals surface area contributed by atoms with Crippen LogP contribution >= 0.6 is 0 Å². The molecule has 2 aliphatic rings. The maximum Gasteiger partial charge on any atom is 0.223 e. The molecule has 1 aromatic carbocycles. The zero-order valence-electron chi connectivity index (χ0n) is 19.0. The van der Waals surface area contributed by atoms with Crippen LogP contribution in [-0.4, -0.2) is 62.6 Å². The molecule has 1 amide bonds. The van der Waals surface area contributed by atoms with Crippen molar-refractivity contribution in [3.8, 4) is 0 Å². The number of rotatable bonds is 11. The van der Waals surface area contributed by atoms with Gasteiger partial charge in [-0.1, -0.05) is 18.2 Å².